The van der Waals surface area contributed by atoms with Crippen molar-refractivity contribution in [3.8, 4) is 5.88 Å². The zero-order valence-electron chi connectivity index (χ0n) is 15.2. The van der Waals surface area contributed by atoms with Crippen LogP contribution in [0.25, 0.3) is 0 Å². The molecule has 0 bridgehead atoms. The maximum Gasteiger partial charge on any atom is 0.534 e. The van der Waals surface area contributed by atoms with Gasteiger partial charge in [-0.25, -0.2) is 15.0 Å². The van der Waals surface area contributed by atoms with Gasteiger partial charge >= 0.3 is 15.6 Å². The number of aromatic nitrogens is 3. The number of hydrogen-bond donors (Lipinski definition) is 0. The van der Waals surface area contributed by atoms with Crippen molar-refractivity contribution in [2.75, 3.05) is 13.2 Å². The van der Waals surface area contributed by atoms with Crippen molar-refractivity contribution >= 4 is 15.9 Å². The lowest BCUT2D eigenvalue weighted by Crippen LogP contribution is -2.28. The van der Waals surface area contributed by atoms with Crippen molar-refractivity contribution in [3.05, 3.63) is 46.7 Å². The van der Waals surface area contributed by atoms with E-state index in [2.05, 4.69) is 19.1 Å². The summed E-state index contributed by atoms with van der Waals surface area (Å²) in [4.78, 5) is 24.8. The number of hydrogen-bond acceptors (Lipinski definition) is 8. The quantitative estimate of drug-likeness (QED) is 0.402. The van der Waals surface area contributed by atoms with E-state index in [9.17, 15) is 26.4 Å². The van der Waals surface area contributed by atoms with Gasteiger partial charge in [0, 0.05) is 24.2 Å². The van der Waals surface area contributed by atoms with Gasteiger partial charge in [-0.3, -0.25) is 4.79 Å². The third-order valence-electron chi connectivity index (χ3n) is 4.12. The monoisotopic (exact) mass is 431 g/mol. The van der Waals surface area contributed by atoms with E-state index in [4.69, 9.17) is 4.74 Å². The molecule has 3 rings (SSSR count). The van der Waals surface area contributed by atoms with Crippen LogP contribution < -0.4 is 4.18 Å². The van der Waals surface area contributed by atoms with Crippen molar-refractivity contribution in [3.63, 3.8) is 0 Å². The molecule has 0 fully saturated rings. The SMILES string of the molecule is Cc1nccc(CC(=O)c2cc(OS(=O)(=O)C(F)(F)F)nc3c2CCOCC3)n1. The largest absolute Gasteiger partial charge is 0.534 e. The average molecular weight is 431 g/mol. The van der Waals surface area contributed by atoms with Crippen LogP contribution in [-0.2, 0) is 34.1 Å². The van der Waals surface area contributed by atoms with Crippen molar-refractivity contribution in [2.24, 2.45) is 0 Å². The molecular formula is C17H16F3N3O5S. The summed E-state index contributed by atoms with van der Waals surface area (Å²) in [5, 5.41) is 0. The molecule has 0 atom stereocenters. The normalized spacial score (nSPS) is 14.8. The van der Waals surface area contributed by atoms with Gasteiger partial charge in [-0.05, 0) is 25.0 Å². The number of Topliss-reactive ketones (excluding diaryl/α,β-unsaturated/α-hetero) is 1. The number of nitrogens with zero attached hydrogens (tertiary/aromatic N) is 3. The van der Waals surface area contributed by atoms with Gasteiger partial charge in [-0.1, -0.05) is 0 Å². The van der Waals surface area contributed by atoms with Crippen molar-refractivity contribution in [1.82, 2.24) is 15.0 Å². The lowest BCUT2D eigenvalue weighted by Gasteiger charge is -2.14. The minimum atomic E-state index is -5.92. The Bertz CT molecular complexity index is 1040. The fourth-order valence-electron chi connectivity index (χ4n) is 2.84. The summed E-state index contributed by atoms with van der Waals surface area (Å²) in [6.07, 6.45) is 1.84. The Morgan fingerprint density at radius 3 is 2.66 bits per heavy atom. The van der Waals surface area contributed by atoms with Crippen molar-refractivity contribution < 1.29 is 35.3 Å². The lowest BCUT2D eigenvalue weighted by atomic mass is 9.97. The molecule has 8 nitrogen and oxygen atoms in total. The van der Waals surface area contributed by atoms with Gasteiger partial charge in [-0.2, -0.15) is 21.6 Å². The highest BCUT2D eigenvalue weighted by molar-refractivity contribution is 7.87. The van der Waals surface area contributed by atoms with E-state index in [0.717, 1.165) is 6.07 Å². The standard InChI is InChI=1S/C17H16F3N3O5S/c1-10-21-5-2-11(22-10)8-15(24)13-9-16(28-29(25,26)17(18,19)20)23-14-4-7-27-6-3-12(13)14/h2,5,9H,3-4,6-8H2,1H3. The van der Waals surface area contributed by atoms with Crippen molar-refractivity contribution in [2.45, 2.75) is 31.7 Å². The summed E-state index contributed by atoms with van der Waals surface area (Å²) in [6.45, 7) is 2.18. The molecule has 156 valence electrons. The van der Waals surface area contributed by atoms with Gasteiger partial charge in [0.1, 0.15) is 5.82 Å². The smallest absolute Gasteiger partial charge is 0.381 e. The van der Waals surface area contributed by atoms with Crippen LogP contribution in [0.4, 0.5) is 13.2 Å². The molecule has 2 aromatic rings. The van der Waals surface area contributed by atoms with Gasteiger partial charge in [0.05, 0.1) is 31.0 Å². The van der Waals surface area contributed by atoms with Crippen LogP contribution in [0.1, 0.15) is 33.1 Å². The van der Waals surface area contributed by atoms with E-state index in [0.29, 0.717) is 30.1 Å². The number of alkyl halides is 3. The van der Waals surface area contributed by atoms with Crippen molar-refractivity contribution in [1.29, 1.82) is 0 Å². The van der Waals surface area contributed by atoms with Gasteiger partial charge in [0.15, 0.2) is 5.78 Å². The zero-order valence-corrected chi connectivity index (χ0v) is 16.0. The molecule has 0 saturated heterocycles. The van der Waals surface area contributed by atoms with Gasteiger partial charge in [0.25, 0.3) is 0 Å². The summed E-state index contributed by atoms with van der Waals surface area (Å²) in [5.41, 5.74) is -4.41. The molecule has 0 spiro atoms. The number of ketones is 1. The number of carbonyl (C=O) groups is 1. The molecule has 0 aromatic carbocycles. The summed E-state index contributed by atoms with van der Waals surface area (Å²) < 4.78 is 70.2. The third kappa shape index (κ3) is 4.88. The van der Waals surface area contributed by atoms with Crippen LogP contribution in [0.3, 0.4) is 0 Å². The number of pyridine rings is 1. The highest BCUT2D eigenvalue weighted by Crippen LogP contribution is 2.29. The number of carbonyl (C=O) groups excluding carboxylic acids is 1. The Morgan fingerprint density at radius 1 is 1.24 bits per heavy atom. The fraction of sp³-hybridized carbons (Fsp3) is 0.412. The second-order valence-electron chi connectivity index (χ2n) is 6.22. The van der Waals surface area contributed by atoms with E-state index in [1.54, 1.807) is 13.0 Å². The molecule has 1 aliphatic rings. The van der Waals surface area contributed by atoms with Crippen LogP contribution in [0.5, 0.6) is 5.88 Å². The Hall–Kier alpha value is -2.60. The molecule has 0 N–H and O–H groups in total. The second kappa shape index (κ2) is 8.03. The highest BCUT2D eigenvalue weighted by atomic mass is 32.2. The maximum absolute atomic E-state index is 12.9. The molecule has 0 radical (unpaired) electrons. The molecule has 0 saturated carbocycles. The highest BCUT2D eigenvalue weighted by Gasteiger charge is 2.49. The molecule has 2 aromatic heterocycles. The fourth-order valence-corrected chi connectivity index (χ4v) is 3.25. The predicted molar refractivity (Wildman–Crippen MR) is 92.9 cm³/mol. The molecule has 3 heterocycles. The molecule has 0 amide bonds. The first-order chi connectivity index (χ1) is 13.6. The summed E-state index contributed by atoms with van der Waals surface area (Å²) in [5.74, 6) is -0.819. The number of aryl methyl sites for hydroxylation is 1. The first-order valence-electron chi connectivity index (χ1n) is 8.50. The molecule has 1 aliphatic heterocycles. The topological polar surface area (TPSA) is 108 Å². The molecule has 12 heteroatoms. The summed E-state index contributed by atoms with van der Waals surface area (Å²) in [7, 11) is -5.92. The Kier molecular flexibility index (Phi) is 5.85. The van der Waals surface area contributed by atoms with Gasteiger partial charge in [-0.15, -0.1) is 0 Å². The first-order valence-corrected chi connectivity index (χ1v) is 9.90. The van der Waals surface area contributed by atoms with E-state index in [1.807, 2.05) is 0 Å². The third-order valence-corrected chi connectivity index (χ3v) is 5.08. The number of fused-ring (bicyclic) bond motifs is 1. The Balaban J connectivity index is 2.01. The molecular weight excluding hydrogens is 415 g/mol. The minimum Gasteiger partial charge on any atom is -0.381 e. The Labute approximate surface area is 164 Å². The van der Waals surface area contributed by atoms with Crippen LogP contribution >= 0.6 is 0 Å². The van der Waals surface area contributed by atoms with Crippen LogP contribution in [-0.4, -0.2) is 47.9 Å². The van der Waals surface area contributed by atoms with E-state index < -0.39 is 27.3 Å². The number of halogens is 3. The van der Waals surface area contributed by atoms with E-state index >= 15 is 0 Å². The van der Waals surface area contributed by atoms with E-state index in [1.165, 1.54) is 6.20 Å². The molecule has 0 aliphatic carbocycles. The molecule has 0 unspecified atom stereocenters. The first kappa shape index (κ1) is 21.1. The lowest BCUT2D eigenvalue weighted by molar-refractivity contribution is -0.0501. The van der Waals surface area contributed by atoms with Crippen LogP contribution in [0.15, 0.2) is 18.3 Å². The van der Waals surface area contributed by atoms with E-state index in [-0.39, 0.29) is 30.7 Å². The van der Waals surface area contributed by atoms with Gasteiger partial charge < -0.3 is 8.92 Å². The van der Waals surface area contributed by atoms with Crippen LogP contribution in [0.2, 0.25) is 0 Å². The number of ether oxygens (including phenoxy) is 1. The average Bonchev–Trinajstić information content (AvgIpc) is 2.85. The zero-order chi connectivity index (χ0) is 21.2. The number of rotatable bonds is 5. The summed E-state index contributed by atoms with van der Waals surface area (Å²) in [6, 6.07) is 2.46. The summed E-state index contributed by atoms with van der Waals surface area (Å²) >= 11 is 0. The molecule has 29 heavy (non-hydrogen) atoms. The maximum atomic E-state index is 12.9. The second-order valence-corrected chi connectivity index (χ2v) is 7.76. The van der Waals surface area contributed by atoms with Gasteiger partial charge in [0.2, 0.25) is 5.88 Å². The van der Waals surface area contributed by atoms with Crippen LogP contribution in [0, 0.1) is 6.92 Å². The Morgan fingerprint density at radius 2 is 1.97 bits per heavy atom. The predicted octanol–water partition coefficient (Wildman–Crippen LogP) is 1.95. The minimum absolute atomic E-state index is 0.0316.